The van der Waals surface area contributed by atoms with Gasteiger partial charge in [-0.25, -0.2) is 13.4 Å². The number of unbranched alkanes of at least 4 members (excludes halogenated alkanes) is 2. The number of para-hydroxylation sites is 1. The highest BCUT2D eigenvalue weighted by atomic mass is 32.2. The minimum absolute atomic E-state index is 0.130. The summed E-state index contributed by atoms with van der Waals surface area (Å²) in [5.74, 6) is 1.44. The van der Waals surface area contributed by atoms with Gasteiger partial charge >= 0.3 is 0 Å². The van der Waals surface area contributed by atoms with Gasteiger partial charge in [-0.15, -0.1) is 23.5 Å². The summed E-state index contributed by atoms with van der Waals surface area (Å²) in [4.78, 5) is 21.6. The van der Waals surface area contributed by atoms with E-state index in [2.05, 4.69) is 65.1 Å². The minimum atomic E-state index is -3.99. The van der Waals surface area contributed by atoms with Gasteiger partial charge in [0.05, 0.1) is 11.4 Å². The first-order chi connectivity index (χ1) is 24.0. The van der Waals surface area contributed by atoms with Crippen LogP contribution in [-0.2, 0) is 25.0 Å². The maximum absolute atomic E-state index is 14.7. The summed E-state index contributed by atoms with van der Waals surface area (Å²) in [6.45, 7) is 14.3. The molecule has 272 valence electrons. The predicted molar refractivity (Wildman–Crippen MR) is 212 cm³/mol. The van der Waals surface area contributed by atoms with E-state index in [9.17, 15) is 13.2 Å². The van der Waals surface area contributed by atoms with Gasteiger partial charge in [-0.3, -0.25) is 9.10 Å². The molecule has 0 bridgehead atoms. The summed E-state index contributed by atoms with van der Waals surface area (Å²) < 4.78 is 35.6. The molecule has 1 amide bonds. The maximum atomic E-state index is 14.7. The smallest absolute Gasteiger partial charge is 0.267 e. The lowest BCUT2D eigenvalue weighted by Gasteiger charge is -2.33. The first-order valence-corrected chi connectivity index (χ1v) is 21.4. The Morgan fingerprint density at radius 2 is 1.62 bits per heavy atom. The van der Waals surface area contributed by atoms with Crippen LogP contribution in [0.25, 0.3) is 0 Å². The molecular weight excluding hydrogens is 683 g/mol. The molecule has 0 saturated heterocycles. The van der Waals surface area contributed by atoms with Crippen LogP contribution in [0.15, 0.2) is 92.5 Å². The van der Waals surface area contributed by atoms with Gasteiger partial charge in [0.25, 0.3) is 10.0 Å². The second kappa shape index (κ2) is 19.2. The molecule has 1 heterocycles. The standard InChI is InChI=1S/C40H55N3O4S3/c1-7-10-18-30(9-3)29-48-35-24-23-31(40(4,5)6)28-34(35)42-39(44)37(49-32-19-13-12-14-20-32)38-41-33-21-15-16-22-36(33)50(45,46)43(38)25-17-27-47-26-11-8-2/h12-16,19-24,28,30,37H,7-11,17-18,25-27,29H2,1-6H3,(H,42,44). The number of hydrogen-bond acceptors (Lipinski definition) is 7. The summed E-state index contributed by atoms with van der Waals surface area (Å²) >= 11 is 3.09. The molecule has 0 fully saturated rings. The number of fused-ring (bicyclic) bond motifs is 1. The Bertz CT molecular complexity index is 1670. The van der Waals surface area contributed by atoms with E-state index in [1.165, 1.54) is 35.3 Å². The minimum Gasteiger partial charge on any atom is -0.381 e. The van der Waals surface area contributed by atoms with Crippen LogP contribution in [0.2, 0.25) is 0 Å². The molecule has 0 radical (unpaired) electrons. The van der Waals surface area contributed by atoms with Crippen LogP contribution >= 0.6 is 23.5 Å². The zero-order valence-corrected chi connectivity index (χ0v) is 33.1. The first kappa shape index (κ1) is 40.0. The summed E-state index contributed by atoms with van der Waals surface area (Å²) in [7, 11) is -3.99. The number of ether oxygens (including phenoxy) is 1. The first-order valence-electron chi connectivity index (χ1n) is 18.1. The molecule has 1 aliphatic rings. The van der Waals surface area contributed by atoms with Crippen LogP contribution in [0.1, 0.15) is 92.1 Å². The second-order valence-corrected chi connectivity index (χ2v) is 17.9. The van der Waals surface area contributed by atoms with Crippen molar-refractivity contribution in [2.45, 2.75) is 112 Å². The fourth-order valence-corrected chi connectivity index (χ4v) is 9.63. The fraction of sp³-hybridized carbons (Fsp3) is 0.500. The van der Waals surface area contributed by atoms with Crippen molar-refractivity contribution in [3.63, 3.8) is 0 Å². The molecule has 2 unspecified atom stereocenters. The number of rotatable bonds is 19. The van der Waals surface area contributed by atoms with Gasteiger partial charge in [0.1, 0.15) is 16.0 Å². The molecule has 1 aliphatic heterocycles. The number of hydrogen-bond donors (Lipinski definition) is 1. The molecule has 4 rings (SSSR count). The van der Waals surface area contributed by atoms with Crippen molar-refractivity contribution in [1.29, 1.82) is 0 Å². The molecular formula is C40H55N3O4S3. The van der Waals surface area contributed by atoms with Crippen molar-refractivity contribution >= 4 is 56.7 Å². The van der Waals surface area contributed by atoms with Crippen LogP contribution < -0.4 is 5.32 Å². The number of amidine groups is 1. The van der Waals surface area contributed by atoms with Gasteiger partial charge in [-0.05, 0) is 72.6 Å². The largest absolute Gasteiger partial charge is 0.381 e. The third-order valence-corrected chi connectivity index (χ3v) is 13.2. The van der Waals surface area contributed by atoms with Crippen molar-refractivity contribution in [3.8, 4) is 0 Å². The fourth-order valence-electron chi connectivity index (χ4n) is 5.65. The second-order valence-electron chi connectivity index (χ2n) is 13.8. The van der Waals surface area contributed by atoms with E-state index < -0.39 is 15.3 Å². The number of aliphatic imine (C=N–C) groups is 1. The van der Waals surface area contributed by atoms with E-state index in [0.717, 1.165) is 46.1 Å². The molecule has 3 aromatic carbocycles. The predicted octanol–water partition coefficient (Wildman–Crippen LogP) is 10.3. The van der Waals surface area contributed by atoms with Gasteiger partial charge in [-0.1, -0.05) is 104 Å². The van der Waals surface area contributed by atoms with Gasteiger partial charge in [0.15, 0.2) is 0 Å². The Balaban J connectivity index is 1.74. The maximum Gasteiger partial charge on any atom is 0.267 e. The molecule has 0 saturated carbocycles. The Kier molecular flexibility index (Phi) is 15.3. The highest BCUT2D eigenvalue weighted by molar-refractivity contribution is 8.01. The Morgan fingerprint density at radius 3 is 2.32 bits per heavy atom. The Hall–Kier alpha value is -2.79. The zero-order valence-electron chi connectivity index (χ0n) is 30.6. The Labute approximate surface area is 309 Å². The number of sulfonamides is 1. The van der Waals surface area contributed by atoms with Crippen LogP contribution in [0, 0.1) is 5.92 Å². The summed E-state index contributed by atoms with van der Waals surface area (Å²) in [6.07, 6.45) is 7.13. The summed E-state index contributed by atoms with van der Waals surface area (Å²) in [5, 5.41) is 2.33. The SMILES string of the molecule is CCCCOCCCN1C(C(Sc2ccccc2)C(=O)Nc2cc(C(C)(C)C)ccc2SCC(CC)CCCC)=Nc2ccccc2S1(=O)=O. The number of thioether (sulfide) groups is 2. The molecule has 7 nitrogen and oxygen atoms in total. The van der Waals surface area contributed by atoms with Crippen LogP contribution in [-0.4, -0.2) is 55.2 Å². The number of nitrogens with one attached hydrogen (secondary N) is 1. The average Bonchev–Trinajstić information content (AvgIpc) is 3.10. The third-order valence-electron chi connectivity index (χ3n) is 8.81. The number of anilines is 1. The molecule has 1 N–H and O–H groups in total. The number of benzene rings is 3. The van der Waals surface area contributed by atoms with Crippen molar-refractivity contribution in [1.82, 2.24) is 4.31 Å². The number of carbonyl (C=O) groups is 1. The highest BCUT2D eigenvalue weighted by Gasteiger charge is 2.40. The number of nitrogens with zero attached hydrogens (tertiary/aromatic N) is 2. The lowest BCUT2D eigenvalue weighted by molar-refractivity contribution is -0.114. The van der Waals surface area contributed by atoms with E-state index in [-0.39, 0.29) is 28.6 Å². The van der Waals surface area contributed by atoms with E-state index in [1.54, 1.807) is 36.0 Å². The van der Waals surface area contributed by atoms with Gasteiger partial charge < -0.3 is 10.1 Å². The van der Waals surface area contributed by atoms with E-state index >= 15 is 0 Å². The Morgan fingerprint density at radius 1 is 0.920 bits per heavy atom. The van der Waals surface area contributed by atoms with E-state index in [0.29, 0.717) is 31.2 Å². The third kappa shape index (κ3) is 10.9. The molecule has 0 aliphatic carbocycles. The van der Waals surface area contributed by atoms with Crippen LogP contribution in [0.4, 0.5) is 11.4 Å². The van der Waals surface area contributed by atoms with E-state index in [1.807, 2.05) is 30.3 Å². The average molecular weight is 738 g/mol. The highest BCUT2D eigenvalue weighted by Crippen LogP contribution is 2.39. The van der Waals surface area contributed by atoms with Crippen molar-refractivity contribution in [2.75, 3.05) is 30.8 Å². The monoisotopic (exact) mass is 737 g/mol. The van der Waals surface area contributed by atoms with Gasteiger partial charge in [-0.2, -0.15) is 0 Å². The summed E-state index contributed by atoms with van der Waals surface area (Å²) in [6, 6.07) is 22.8. The van der Waals surface area contributed by atoms with Crippen molar-refractivity contribution in [2.24, 2.45) is 10.9 Å². The molecule has 3 aromatic rings. The topological polar surface area (TPSA) is 88.1 Å². The lowest BCUT2D eigenvalue weighted by Crippen LogP contribution is -2.48. The number of amides is 1. The lowest BCUT2D eigenvalue weighted by atomic mass is 9.87. The van der Waals surface area contributed by atoms with Crippen molar-refractivity contribution in [3.05, 3.63) is 78.4 Å². The molecule has 10 heteroatoms. The van der Waals surface area contributed by atoms with Crippen LogP contribution in [0.5, 0.6) is 0 Å². The van der Waals surface area contributed by atoms with Crippen LogP contribution in [0.3, 0.4) is 0 Å². The molecule has 0 aromatic heterocycles. The zero-order chi connectivity index (χ0) is 36.1. The summed E-state index contributed by atoms with van der Waals surface area (Å²) in [5.41, 5.74) is 2.06. The van der Waals surface area contributed by atoms with E-state index in [4.69, 9.17) is 9.73 Å². The molecule has 0 spiro atoms. The number of carbonyl (C=O) groups excluding carboxylic acids is 1. The normalized spacial score (nSPS) is 15.2. The molecule has 50 heavy (non-hydrogen) atoms. The van der Waals surface area contributed by atoms with Crippen molar-refractivity contribution < 1.29 is 17.9 Å². The quantitative estimate of drug-likeness (QED) is 0.0974. The van der Waals surface area contributed by atoms with Gasteiger partial charge in [0.2, 0.25) is 5.91 Å². The van der Waals surface area contributed by atoms with Gasteiger partial charge in [0, 0.05) is 35.3 Å². The molecule has 2 atom stereocenters.